The van der Waals surface area contributed by atoms with Crippen molar-refractivity contribution in [2.24, 2.45) is 0 Å². The van der Waals surface area contributed by atoms with Gasteiger partial charge in [-0.15, -0.1) is 0 Å². The molecule has 0 aliphatic carbocycles. The van der Waals surface area contributed by atoms with Gasteiger partial charge in [-0.3, -0.25) is 9.59 Å². The lowest BCUT2D eigenvalue weighted by Gasteiger charge is -2.21. The average Bonchev–Trinajstić information content (AvgIpc) is 3.09. The number of carbonyl (C=O) groups excluding carboxylic acids is 2. The highest BCUT2D eigenvalue weighted by atomic mass is 16.2. The molecule has 0 aromatic heterocycles. The second kappa shape index (κ2) is 9.86. The van der Waals surface area contributed by atoms with E-state index in [4.69, 9.17) is 0 Å². The molecule has 0 fully saturated rings. The Bertz CT molecular complexity index is 1160. The number of aryl methyl sites for hydroxylation is 2. The summed E-state index contributed by atoms with van der Waals surface area (Å²) in [5, 5.41) is 0. The molecule has 0 spiro atoms. The van der Waals surface area contributed by atoms with E-state index in [-0.39, 0.29) is 11.8 Å². The fourth-order valence-corrected chi connectivity index (χ4v) is 4.22. The zero-order valence-corrected chi connectivity index (χ0v) is 19.5. The summed E-state index contributed by atoms with van der Waals surface area (Å²) in [6.07, 6.45) is 3.25. The van der Waals surface area contributed by atoms with Crippen LogP contribution in [0.4, 0.5) is 5.69 Å². The maximum absolute atomic E-state index is 13.7. The zero-order valence-electron chi connectivity index (χ0n) is 19.5. The topological polar surface area (TPSA) is 40.6 Å². The van der Waals surface area contributed by atoms with Crippen molar-refractivity contribution in [3.8, 4) is 0 Å². The van der Waals surface area contributed by atoms with Crippen LogP contribution in [-0.2, 0) is 22.6 Å². The first-order chi connectivity index (χ1) is 16.0. The Kier molecular flexibility index (Phi) is 6.74. The van der Waals surface area contributed by atoms with Gasteiger partial charge in [0.1, 0.15) is 5.70 Å². The predicted octanol–water partition coefficient (Wildman–Crippen LogP) is 5.75. The van der Waals surface area contributed by atoms with Gasteiger partial charge in [0.2, 0.25) is 0 Å². The summed E-state index contributed by atoms with van der Waals surface area (Å²) < 4.78 is 0. The molecular weight excluding hydrogens is 408 g/mol. The molecule has 1 aliphatic rings. The van der Waals surface area contributed by atoms with Gasteiger partial charge in [-0.05, 0) is 48.6 Å². The largest absolute Gasteiger partial charge is 0.365 e. The van der Waals surface area contributed by atoms with Crippen molar-refractivity contribution in [3.63, 3.8) is 0 Å². The van der Waals surface area contributed by atoms with Crippen LogP contribution in [0.5, 0.6) is 0 Å². The van der Waals surface area contributed by atoms with Gasteiger partial charge in [0.15, 0.2) is 0 Å². The number of likely N-dealkylation sites (N-methyl/N-ethyl adjacent to an activating group) is 1. The molecule has 0 saturated heterocycles. The minimum Gasteiger partial charge on any atom is -0.365 e. The van der Waals surface area contributed by atoms with Gasteiger partial charge < -0.3 is 4.90 Å². The second-order valence-corrected chi connectivity index (χ2v) is 8.65. The molecule has 0 radical (unpaired) electrons. The smallest absolute Gasteiger partial charge is 0.282 e. The molecule has 3 aromatic carbocycles. The first-order valence-corrected chi connectivity index (χ1v) is 11.5. The van der Waals surface area contributed by atoms with Gasteiger partial charge in [0.05, 0.1) is 11.3 Å². The lowest BCUT2D eigenvalue weighted by atomic mass is 10.0. The van der Waals surface area contributed by atoms with Crippen LogP contribution in [0.1, 0.15) is 42.0 Å². The van der Waals surface area contributed by atoms with E-state index >= 15 is 0 Å². The summed E-state index contributed by atoms with van der Waals surface area (Å²) in [5.74, 6) is -0.560. The van der Waals surface area contributed by atoms with E-state index < -0.39 is 0 Å². The first-order valence-electron chi connectivity index (χ1n) is 11.5. The highest BCUT2D eigenvalue weighted by molar-refractivity contribution is 6.45. The molecular formula is C29H30N2O2. The average molecular weight is 439 g/mol. The molecule has 0 bridgehead atoms. The van der Waals surface area contributed by atoms with Crippen LogP contribution in [-0.4, -0.2) is 23.8 Å². The Balaban J connectivity index is 1.71. The van der Waals surface area contributed by atoms with Gasteiger partial charge in [-0.1, -0.05) is 85.6 Å². The molecule has 4 heteroatoms. The van der Waals surface area contributed by atoms with Crippen LogP contribution < -0.4 is 4.90 Å². The van der Waals surface area contributed by atoms with E-state index in [1.54, 1.807) is 0 Å². The Morgan fingerprint density at radius 2 is 1.45 bits per heavy atom. The van der Waals surface area contributed by atoms with E-state index in [9.17, 15) is 9.59 Å². The normalized spacial score (nSPS) is 13.7. The minimum absolute atomic E-state index is 0.278. The minimum atomic E-state index is -0.282. The molecule has 0 unspecified atom stereocenters. The van der Waals surface area contributed by atoms with E-state index in [2.05, 4.69) is 6.92 Å². The Labute approximate surface area is 196 Å². The van der Waals surface area contributed by atoms with E-state index in [1.807, 2.05) is 97.7 Å². The second-order valence-electron chi connectivity index (χ2n) is 8.65. The summed E-state index contributed by atoms with van der Waals surface area (Å²) in [5.41, 5.74) is 5.66. The molecule has 0 N–H and O–H groups in total. The molecule has 0 saturated carbocycles. The standard InChI is InChI=1S/C29H30N2O2/c1-4-5-9-22-14-18-25(19-15-22)31-28(32)26(24-16-12-21(2)13-17-24)27(29(31)33)30(3)20-23-10-7-6-8-11-23/h6-8,10-19H,4-5,9,20H2,1-3H3. The quantitative estimate of drug-likeness (QED) is 0.420. The number of hydrogen-bond acceptors (Lipinski definition) is 3. The van der Waals surface area contributed by atoms with E-state index in [0.717, 1.165) is 36.0 Å². The number of hydrogen-bond donors (Lipinski definition) is 0. The summed E-state index contributed by atoms with van der Waals surface area (Å²) in [4.78, 5) is 30.5. The fourth-order valence-electron chi connectivity index (χ4n) is 4.22. The third-order valence-corrected chi connectivity index (χ3v) is 6.06. The fraction of sp³-hybridized carbons (Fsp3) is 0.241. The van der Waals surface area contributed by atoms with Crippen molar-refractivity contribution < 1.29 is 9.59 Å². The van der Waals surface area contributed by atoms with Crippen LogP contribution in [0.2, 0.25) is 0 Å². The highest BCUT2D eigenvalue weighted by Crippen LogP contribution is 2.35. The van der Waals surface area contributed by atoms with Crippen molar-refractivity contribution in [2.45, 2.75) is 39.7 Å². The van der Waals surface area contributed by atoms with Gasteiger partial charge in [0.25, 0.3) is 11.8 Å². The maximum atomic E-state index is 13.7. The van der Waals surface area contributed by atoms with Gasteiger partial charge >= 0.3 is 0 Å². The zero-order chi connectivity index (χ0) is 23.4. The monoisotopic (exact) mass is 438 g/mol. The number of rotatable bonds is 8. The van der Waals surface area contributed by atoms with Crippen LogP contribution in [0.3, 0.4) is 0 Å². The van der Waals surface area contributed by atoms with Crippen molar-refractivity contribution in [1.82, 2.24) is 4.90 Å². The van der Waals surface area contributed by atoms with Gasteiger partial charge in [0, 0.05) is 13.6 Å². The summed E-state index contributed by atoms with van der Waals surface area (Å²) >= 11 is 0. The first kappa shape index (κ1) is 22.5. The molecule has 2 amide bonds. The Hall–Kier alpha value is -3.66. The lowest BCUT2D eigenvalue weighted by Crippen LogP contribution is -2.34. The molecule has 4 rings (SSSR count). The number of amides is 2. The number of carbonyl (C=O) groups is 2. The third-order valence-electron chi connectivity index (χ3n) is 6.06. The van der Waals surface area contributed by atoms with Crippen molar-refractivity contribution in [3.05, 3.63) is 107 Å². The number of unbranched alkanes of at least 4 members (excludes halogenated alkanes) is 1. The van der Waals surface area contributed by atoms with Crippen LogP contribution >= 0.6 is 0 Å². The van der Waals surface area contributed by atoms with Crippen molar-refractivity contribution >= 4 is 23.1 Å². The third kappa shape index (κ3) is 4.75. The van der Waals surface area contributed by atoms with Crippen molar-refractivity contribution in [2.75, 3.05) is 11.9 Å². The van der Waals surface area contributed by atoms with Crippen LogP contribution in [0.25, 0.3) is 5.57 Å². The molecule has 168 valence electrons. The van der Waals surface area contributed by atoms with Gasteiger partial charge in [-0.25, -0.2) is 4.90 Å². The van der Waals surface area contributed by atoms with Crippen LogP contribution in [0.15, 0.2) is 84.6 Å². The number of imide groups is 1. The SMILES string of the molecule is CCCCc1ccc(N2C(=O)C(c3ccc(C)cc3)=C(N(C)Cc3ccccc3)C2=O)cc1. The summed E-state index contributed by atoms with van der Waals surface area (Å²) in [7, 11) is 1.87. The van der Waals surface area contributed by atoms with E-state index in [0.29, 0.717) is 23.5 Å². The number of benzene rings is 3. The Morgan fingerprint density at radius 1 is 0.788 bits per heavy atom. The van der Waals surface area contributed by atoms with E-state index in [1.165, 1.54) is 10.5 Å². The predicted molar refractivity (Wildman–Crippen MR) is 134 cm³/mol. The molecule has 4 nitrogen and oxygen atoms in total. The van der Waals surface area contributed by atoms with Crippen LogP contribution in [0, 0.1) is 6.92 Å². The molecule has 3 aromatic rings. The molecule has 33 heavy (non-hydrogen) atoms. The van der Waals surface area contributed by atoms with Gasteiger partial charge in [-0.2, -0.15) is 0 Å². The maximum Gasteiger partial charge on any atom is 0.282 e. The molecule has 1 aliphatic heterocycles. The molecule has 0 atom stereocenters. The number of anilines is 1. The van der Waals surface area contributed by atoms with Crippen molar-refractivity contribution in [1.29, 1.82) is 0 Å². The number of nitrogens with zero attached hydrogens (tertiary/aromatic N) is 2. The molecule has 1 heterocycles. The summed E-state index contributed by atoms with van der Waals surface area (Å²) in [6.45, 7) is 4.71. The highest BCUT2D eigenvalue weighted by Gasteiger charge is 2.41. The lowest BCUT2D eigenvalue weighted by molar-refractivity contribution is -0.120. The Morgan fingerprint density at radius 3 is 2.09 bits per heavy atom. The summed E-state index contributed by atoms with van der Waals surface area (Å²) in [6, 6.07) is 25.6.